The summed E-state index contributed by atoms with van der Waals surface area (Å²) in [5.41, 5.74) is 0. The molecule has 164 valence electrons. The normalized spacial score (nSPS) is 19.2. The number of rotatable bonds is 22. The Hall–Kier alpha value is 3.78. The Morgan fingerprint density at radius 2 is 0.815 bits per heavy atom. The van der Waals surface area contributed by atoms with Crippen LogP contribution < -0.4 is 0 Å². The molecule has 0 atom stereocenters. The van der Waals surface area contributed by atoms with Gasteiger partial charge < -0.3 is 13.3 Å². The first-order chi connectivity index (χ1) is 13.2. The van der Waals surface area contributed by atoms with Gasteiger partial charge in [-0.15, -0.1) is 0 Å². The second-order valence-corrected chi connectivity index (χ2v) is 161. The lowest BCUT2D eigenvalue weighted by Crippen LogP contribution is -2.55. The molecule has 0 aliphatic rings. The van der Waals surface area contributed by atoms with Gasteiger partial charge in [0.2, 0.25) is 0 Å². The van der Waals surface area contributed by atoms with E-state index in [9.17, 15) is 0 Å². The largest absolute Gasteiger partial charge is 0.458 e. The smallest absolute Gasteiger partial charge is 0.377 e. The molecule has 0 aromatic rings. The minimum Gasteiger partial charge on any atom is -0.377 e. The van der Waals surface area contributed by atoms with Crippen LogP contribution in [0.5, 0.6) is 0 Å². The summed E-state index contributed by atoms with van der Waals surface area (Å²) >= 11 is 0. The molecule has 0 saturated heterocycles. The predicted octanol–water partition coefficient (Wildman–Crippen LogP) is -14.8. The van der Waals surface area contributed by atoms with E-state index in [1.165, 1.54) is 0 Å². The van der Waals surface area contributed by atoms with Crippen molar-refractivity contribution in [2.24, 2.45) is 0 Å². The molecule has 0 aromatic heterocycles. The molecular formula is C6H50O3Si18. The first-order valence-electron chi connectivity index (χ1n) is 12.2. The van der Waals surface area contributed by atoms with Crippen molar-refractivity contribution in [3.63, 3.8) is 0 Å². The third kappa shape index (κ3) is 20.1. The van der Waals surface area contributed by atoms with Crippen molar-refractivity contribution in [3.8, 4) is 0 Å². The molecule has 0 heterocycles. The Morgan fingerprint density at radius 3 is 1.11 bits per heavy atom. The molecule has 0 saturated carbocycles. The molecule has 0 spiro atoms. The Bertz CT molecular complexity index is 283. The van der Waals surface area contributed by atoms with E-state index in [0.29, 0.717) is 25.7 Å². The van der Waals surface area contributed by atoms with Crippen LogP contribution in [0.3, 0.4) is 0 Å². The van der Waals surface area contributed by atoms with E-state index in [1.54, 1.807) is 9.76 Å². The van der Waals surface area contributed by atoms with Crippen LogP contribution in [0.2, 0.25) is 0 Å². The highest BCUT2D eigenvalue weighted by Crippen LogP contribution is 2.07. The third-order valence-corrected chi connectivity index (χ3v) is 320. The van der Waals surface area contributed by atoms with Crippen LogP contribution >= 0.6 is 0 Å². The van der Waals surface area contributed by atoms with Gasteiger partial charge in [-0.25, -0.2) is 0 Å². The summed E-state index contributed by atoms with van der Waals surface area (Å²) in [7, 11) is 11.1. The first kappa shape index (κ1) is 30.8. The molecule has 0 aromatic carbocycles. The topological polar surface area (TPSA) is 27.7 Å². The van der Waals surface area contributed by atoms with Gasteiger partial charge in [-0.05, 0) is 150 Å². The maximum absolute atomic E-state index is 6.11. The van der Waals surface area contributed by atoms with Crippen LogP contribution in [0, 0.1) is 0 Å². The molecule has 27 heavy (non-hydrogen) atoms. The molecule has 0 aliphatic carbocycles. The van der Waals surface area contributed by atoms with Crippen molar-refractivity contribution in [2.75, 3.05) is 19.8 Å². The zero-order valence-electron chi connectivity index (χ0n) is 19.2. The van der Waals surface area contributed by atoms with E-state index >= 15 is 0 Å². The quantitative estimate of drug-likeness (QED) is 0.0844. The Kier molecular flexibility index (Phi) is 27.9. The van der Waals surface area contributed by atoms with E-state index in [0.717, 1.165) is 122 Å². The van der Waals surface area contributed by atoms with E-state index in [-0.39, 0.29) is 8.55 Å². The van der Waals surface area contributed by atoms with E-state index in [2.05, 4.69) is 20.8 Å². The SMILES string of the molecule is CCO[Si](OCC)(OCC)[SiH2][SiH2][SiH2][SiH2][SiH2][SiH2][SiH2][SiH2][SiH2][SiH2][SiH2][SiH2][SiH2][SiH2][SiH2][SiH2][SiH3]. The molecule has 3 nitrogen and oxygen atoms in total. The molecule has 21 heteroatoms. The van der Waals surface area contributed by atoms with Crippen LogP contribution in [-0.4, -0.2) is 175 Å². The van der Waals surface area contributed by atoms with Crippen molar-refractivity contribution in [3.05, 3.63) is 0 Å². The van der Waals surface area contributed by atoms with E-state index < -0.39 is 8.32 Å². The maximum Gasteiger partial charge on any atom is 0.458 e. The molecule has 0 N–H and O–H groups in total. The lowest BCUT2D eigenvalue weighted by Gasteiger charge is -2.28. The van der Waals surface area contributed by atoms with Crippen LogP contribution in [-0.2, 0) is 13.3 Å². The van der Waals surface area contributed by atoms with Gasteiger partial charge in [-0.2, -0.15) is 0 Å². The fraction of sp³-hybridized carbons (Fsp3) is 1.00. The average molecular weight is 676 g/mol. The van der Waals surface area contributed by atoms with Crippen molar-refractivity contribution in [1.82, 2.24) is 0 Å². The average Bonchev–Trinajstić information content (AvgIpc) is 2.65. The summed E-state index contributed by atoms with van der Waals surface area (Å²) in [6.07, 6.45) is 0. The minimum atomic E-state index is -2.07. The zero-order chi connectivity index (χ0) is 20.1. The van der Waals surface area contributed by atoms with E-state index in [4.69, 9.17) is 13.3 Å². The maximum atomic E-state index is 6.11. The monoisotopic (exact) mass is 674 g/mol. The van der Waals surface area contributed by atoms with Gasteiger partial charge in [0.1, 0.15) is 8.55 Å². The Balaban J connectivity index is 3.49. The van der Waals surface area contributed by atoms with Crippen molar-refractivity contribution < 1.29 is 13.3 Å². The zero-order valence-corrected chi connectivity index (χ0v) is 44.8. The first-order valence-corrected chi connectivity index (χ1v) is 81.9. The van der Waals surface area contributed by atoms with Crippen LogP contribution in [0.15, 0.2) is 0 Å². The summed E-state index contributed by atoms with van der Waals surface area (Å²) in [6, 6.07) is 0. The molecule has 0 bridgehead atoms. The fourth-order valence-electron chi connectivity index (χ4n) is 3.71. The summed E-state index contributed by atoms with van der Waals surface area (Å²) in [5, 5.41) is 0. The number of hydrogen-bond acceptors (Lipinski definition) is 3. The second-order valence-electron chi connectivity index (χ2n) is 7.68. The molecule has 0 fully saturated rings. The molecule has 0 rings (SSSR count). The Labute approximate surface area is 206 Å². The van der Waals surface area contributed by atoms with Gasteiger partial charge >= 0.3 is 8.32 Å². The molecule has 0 aliphatic heterocycles. The highest BCUT2D eigenvalue weighted by atomic mass is 30.1. The van der Waals surface area contributed by atoms with Crippen molar-refractivity contribution in [1.29, 1.82) is 0 Å². The van der Waals surface area contributed by atoms with Gasteiger partial charge in [0.05, 0.1) is 0 Å². The van der Waals surface area contributed by atoms with Crippen LogP contribution in [0.25, 0.3) is 0 Å². The minimum absolute atomic E-state index is 0.0775. The lowest BCUT2D eigenvalue weighted by atomic mass is 10.9. The van der Waals surface area contributed by atoms with Gasteiger partial charge in [0.15, 0.2) is 0 Å². The third-order valence-electron chi connectivity index (χ3n) is 5.18. The van der Waals surface area contributed by atoms with Gasteiger partial charge in [0.25, 0.3) is 0 Å². The van der Waals surface area contributed by atoms with Gasteiger partial charge in [-0.1, -0.05) is 0 Å². The summed E-state index contributed by atoms with van der Waals surface area (Å²) < 4.78 is 18.3. The highest BCUT2D eigenvalue weighted by molar-refractivity contribution is 7.74. The lowest BCUT2D eigenvalue weighted by molar-refractivity contribution is 0.0936. The van der Waals surface area contributed by atoms with Crippen LogP contribution in [0.1, 0.15) is 20.8 Å². The Morgan fingerprint density at radius 1 is 0.519 bits per heavy atom. The predicted molar refractivity (Wildman–Crippen MR) is 187 cm³/mol. The van der Waals surface area contributed by atoms with Gasteiger partial charge in [0, 0.05) is 28.4 Å². The van der Waals surface area contributed by atoms with Crippen LogP contribution in [0.4, 0.5) is 0 Å². The van der Waals surface area contributed by atoms with Crippen molar-refractivity contribution >= 4 is 155 Å². The van der Waals surface area contributed by atoms with Gasteiger partial charge in [-0.3, -0.25) is 0 Å². The second kappa shape index (κ2) is 24.4. The molecule has 0 amide bonds. The van der Waals surface area contributed by atoms with E-state index in [1.807, 2.05) is 0 Å². The number of hydrogen-bond donors (Lipinski definition) is 0. The summed E-state index contributed by atoms with van der Waals surface area (Å²) in [5.74, 6) is 0. The fourth-order valence-corrected chi connectivity index (χ4v) is 634. The highest BCUT2D eigenvalue weighted by Gasteiger charge is 2.38. The molecule has 0 unspecified atom stereocenters. The molecule has 0 radical (unpaired) electrons. The van der Waals surface area contributed by atoms with Crippen molar-refractivity contribution in [2.45, 2.75) is 20.8 Å². The standard InChI is InChI=1S/C6H50O3Si18/c1-4-7-27(8-5-2,9-6-3)26-25-24-23-22-21-20-19-18-17-16-15-14-13-12-11-10/h4-6,11-26H2,1-3,10H3. The summed E-state index contributed by atoms with van der Waals surface area (Å²) in [4.78, 5) is 0. The molecular weight excluding hydrogens is 626 g/mol. The summed E-state index contributed by atoms with van der Waals surface area (Å²) in [6.45, 7) is 8.84.